The summed E-state index contributed by atoms with van der Waals surface area (Å²) in [5, 5.41) is 0. The summed E-state index contributed by atoms with van der Waals surface area (Å²) in [7, 11) is 0. The van der Waals surface area contributed by atoms with E-state index in [-0.39, 0.29) is 11.6 Å². The molecule has 2 aromatic carbocycles. The molecule has 0 unspecified atom stereocenters. The largest absolute Gasteiger partial charge is 0.418 e. The predicted octanol–water partition coefficient (Wildman–Crippen LogP) is 4.78. The van der Waals surface area contributed by atoms with E-state index in [1.54, 1.807) is 30.3 Å². The quantitative estimate of drug-likeness (QED) is 0.623. The Labute approximate surface area is 123 Å². The summed E-state index contributed by atoms with van der Waals surface area (Å²) in [6.07, 6.45) is -4.44. The van der Waals surface area contributed by atoms with Crippen LogP contribution in [0.2, 0.25) is 0 Å². The van der Waals surface area contributed by atoms with Gasteiger partial charge < -0.3 is 0 Å². The summed E-state index contributed by atoms with van der Waals surface area (Å²) in [4.78, 5) is 4.29. The third kappa shape index (κ3) is 2.38. The highest BCUT2D eigenvalue weighted by atomic mass is 35.5. The smallest absolute Gasteiger partial charge is 0.295 e. The van der Waals surface area contributed by atoms with Gasteiger partial charge in [-0.25, -0.2) is 4.98 Å². The van der Waals surface area contributed by atoms with Crippen LogP contribution in [0.25, 0.3) is 16.7 Å². The number of benzene rings is 2. The predicted molar refractivity (Wildman–Crippen MR) is 75.6 cm³/mol. The van der Waals surface area contributed by atoms with Crippen LogP contribution in [0.3, 0.4) is 0 Å². The van der Waals surface area contributed by atoms with Crippen molar-refractivity contribution in [2.24, 2.45) is 0 Å². The van der Waals surface area contributed by atoms with Gasteiger partial charge in [-0.3, -0.25) is 4.57 Å². The Balaban J connectivity index is 2.36. The van der Waals surface area contributed by atoms with Crippen molar-refractivity contribution in [3.63, 3.8) is 0 Å². The van der Waals surface area contributed by atoms with Crippen molar-refractivity contribution in [3.8, 4) is 5.69 Å². The van der Waals surface area contributed by atoms with E-state index in [4.69, 9.17) is 11.6 Å². The van der Waals surface area contributed by atoms with Crippen molar-refractivity contribution in [1.82, 2.24) is 9.55 Å². The zero-order chi connectivity index (χ0) is 15.0. The van der Waals surface area contributed by atoms with Crippen LogP contribution in [0.15, 0.2) is 48.5 Å². The Morgan fingerprint density at radius 1 is 1.00 bits per heavy atom. The maximum absolute atomic E-state index is 13.2. The van der Waals surface area contributed by atoms with E-state index in [0.29, 0.717) is 16.9 Å². The highest BCUT2D eigenvalue weighted by molar-refractivity contribution is 6.17. The number of para-hydroxylation sites is 3. The maximum Gasteiger partial charge on any atom is 0.418 e. The normalized spacial score (nSPS) is 12.0. The van der Waals surface area contributed by atoms with Gasteiger partial charge in [-0.1, -0.05) is 24.3 Å². The molecule has 6 heteroatoms. The minimum atomic E-state index is -4.44. The third-order valence-corrected chi connectivity index (χ3v) is 3.44. The third-order valence-electron chi connectivity index (χ3n) is 3.20. The lowest BCUT2D eigenvalue weighted by molar-refractivity contribution is -0.137. The fourth-order valence-corrected chi connectivity index (χ4v) is 2.52. The lowest BCUT2D eigenvalue weighted by atomic mass is 10.1. The Morgan fingerprint density at radius 2 is 1.67 bits per heavy atom. The van der Waals surface area contributed by atoms with Gasteiger partial charge in [0.25, 0.3) is 0 Å². The summed E-state index contributed by atoms with van der Waals surface area (Å²) in [5.74, 6) is 0.413. The standard InChI is InChI=1S/C15H10ClF3N2/c16-9-14-20-11-6-2-4-8-13(11)21(14)12-7-3-1-5-10(12)15(17,18)19/h1-8H,9H2. The number of hydrogen-bond acceptors (Lipinski definition) is 1. The summed E-state index contributed by atoms with van der Waals surface area (Å²) < 4.78 is 41.1. The van der Waals surface area contributed by atoms with Gasteiger partial charge in [-0.2, -0.15) is 13.2 Å². The number of halogens is 4. The van der Waals surface area contributed by atoms with E-state index in [2.05, 4.69) is 4.98 Å². The van der Waals surface area contributed by atoms with Crippen LogP contribution < -0.4 is 0 Å². The topological polar surface area (TPSA) is 17.8 Å². The SMILES string of the molecule is FC(F)(F)c1ccccc1-n1c(CCl)nc2ccccc21. The fourth-order valence-electron chi connectivity index (χ4n) is 2.34. The molecule has 1 heterocycles. The number of alkyl halides is 4. The molecule has 3 rings (SSSR count). The first-order chi connectivity index (χ1) is 10.0. The van der Waals surface area contributed by atoms with Gasteiger partial charge in [0.15, 0.2) is 0 Å². The molecule has 2 nitrogen and oxygen atoms in total. The molecule has 0 radical (unpaired) electrons. The lowest BCUT2D eigenvalue weighted by Crippen LogP contribution is -2.11. The minimum absolute atomic E-state index is 0.0286. The molecule has 0 amide bonds. The van der Waals surface area contributed by atoms with Crippen molar-refractivity contribution in [3.05, 3.63) is 59.9 Å². The van der Waals surface area contributed by atoms with Gasteiger partial charge >= 0.3 is 6.18 Å². The summed E-state index contributed by atoms with van der Waals surface area (Å²) in [6.45, 7) is 0. The first-order valence-corrected chi connectivity index (χ1v) is 6.75. The average molecular weight is 311 g/mol. The minimum Gasteiger partial charge on any atom is -0.295 e. The zero-order valence-electron chi connectivity index (χ0n) is 10.7. The van der Waals surface area contributed by atoms with E-state index in [0.717, 1.165) is 6.07 Å². The van der Waals surface area contributed by atoms with E-state index < -0.39 is 11.7 Å². The zero-order valence-corrected chi connectivity index (χ0v) is 11.5. The van der Waals surface area contributed by atoms with Crippen LogP contribution in [0.5, 0.6) is 0 Å². The van der Waals surface area contributed by atoms with Crippen LogP contribution in [0, 0.1) is 0 Å². The molecule has 0 N–H and O–H groups in total. The summed E-state index contributed by atoms with van der Waals surface area (Å²) >= 11 is 5.86. The maximum atomic E-state index is 13.2. The second-order valence-corrected chi connectivity index (χ2v) is 4.77. The van der Waals surface area contributed by atoms with E-state index in [9.17, 15) is 13.2 Å². The van der Waals surface area contributed by atoms with E-state index in [1.165, 1.54) is 16.7 Å². The van der Waals surface area contributed by atoms with Crippen molar-refractivity contribution >= 4 is 22.6 Å². The molecule has 0 aliphatic heterocycles. The molecule has 0 spiro atoms. The number of nitrogens with zero attached hydrogens (tertiary/aromatic N) is 2. The van der Waals surface area contributed by atoms with Gasteiger partial charge in [0, 0.05) is 0 Å². The van der Waals surface area contributed by atoms with Crippen LogP contribution in [-0.4, -0.2) is 9.55 Å². The molecular weight excluding hydrogens is 301 g/mol. The molecule has 0 saturated carbocycles. The number of aromatic nitrogens is 2. The molecule has 108 valence electrons. The van der Waals surface area contributed by atoms with Crippen LogP contribution >= 0.6 is 11.6 Å². The molecule has 0 aliphatic carbocycles. The van der Waals surface area contributed by atoms with Crippen molar-refractivity contribution in [1.29, 1.82) is 0 Å². The van der Waals surface area contributed by atoms with Gasteiger partial charge in [-0.15, -0.1) is 11.6 Å². The number of fused-ring (bicyclic) bond motifs is 1. The number of imidazole rings is 1. The molecule has 3 aromatic rings. The molecule has 0 saturated heterocycles. The highest BCUT2D eigenvalue weighted by Crippen LogP contribution is 2.35. The molecule has 21 heavy (non-hydrogen) atoms. The molecule has 0 aliphatic rings. The molecular formula is C15H10ClF3N2. The average Bonchev–Trinajstić information content (AvgIpc) is 2.84. The Morgan fingerprint density at radius 3 is 2.38 bits per heavy atom. The van der Waals surface area contributed by atoms with Crippen molar-refractivity contribution < 1.29 is 13.2 Å². The Hall–Kier alpha value is -2.01. The fraction of sp³-hybridized carbons (Fsp3) is 0.133. The molecule has 1 aromatic heterocycles. The number of rotatable bonds is 2. The van der Waals surface area contributed by atoms with Crippen LogP contribution in [0.4, 0.5) is 13.2 Å². The number of hydrogen-bond donors (Lipinski definition) is 0. The summed E-state index contributed by atoms with van der Waals surface area (Å²) in [6, 6.07) is 12.4. The molecule has 0 atom stereocenters. The Bertz CT molecular complexity index is 793. The second kappa shape index (κ2) is 5.07. The van der Waals surface area contributed by atoms with Gasteiger partial charge in [-0.05, 0) is 24.3 Å². The monoisotopic (exact) mass is 310 g/mol. The van der Waals surface area contributed by atoms with Crippen LogP contribution in [-0.2, 0) is 12.1 Å². The van der Waals surface area contributed by atoms with E-state index in [1.807, 2.05) is 0 Å². The van der Waals surface area contributed by atoms with Crippen molar-refractivity contribution in [2.45, 2.75) is 12.1 Å². The summed E-state index contributed by atoms with van der Waals surface area (Å²) in [5.41, 5.74) is 0.545. The first kappa shape index (κ1) is 13.9. The molecule has 0 fully saturated rings. The highest BCUT2D eigenvalue weighted by Gasteiger charge is 2.34. The second-order valence-electron chi connectivity index (χ2n) is 4.50. The van der Waals surface area contributed by atoms with E-state index >= 15 is 0 Å². The van der Waals surface area contributed by atoms with Crippen molar-refractivity contribution in [2.75, 3.05) is 0 Å². The first-order valence-electron chi connectivity index (χ1n) is 6.21. The van der Waals surface area contributed by atoms with Crippen LogP contribution in [0.1, 0.15) is 11.4 Å². The van der Waals surface area contributed by atoms with Gasteiger partial charge in [0.2, 0.25) is 0 Å². The Kier molecular flexibility index (Phi) is 3.37. The lowest BCUT2D eigenvalue weighted by Gasteiger charge is -2.15. The van der Waals surface area contributed by atoms with Gasteiger partial charge in [0.05, 0.1) is 28.2 Å². The molecule has 0 bridgehead atoms. The van der Waals surface area contributed by atoms with Gasteiger partial charge in [0.1, 0.15) is 5.82 Å².